The van der Waals surface area contributed by atoms with E-state index >= 15 is 0 Å². The molecule has 6 heteroatoms. The van der Waals surface area contributed by atoms with Crippen LogP contribution in [-0.4, -0.2) is 20.7 Å². The van der Waals surface area contributed by atoms with Crippen molar-refractivity contribution in [2.75, 3.05) is 5.32 Å². The number of aryl methyl sites for hydroxylation is 2. The zero-order valence-corrected chi connectivity index (χ0v) is 12.4. The summed E-state index contributed by atoms with van der Waals surface area (Å²) in [6.07, 6.45) is 1.64. The predicted octanol–water partition coefficient (Wildman–Crippen LogP) is 3.12. The van der Waals surface area contributed by atoms with Crippen LogP contribution in [0.25, 0.3) is 11.5 Å². The fourth-order valence-electron chi connectivity index (χ4n) is 2.18. The molecule has 0 fully saturated rings. The maximum atomic E-state index is 12.4. The van der Waals surface area contributed by atoms with Crippen LogP contribution in [0.2, 0.25) is 0 Å². The molecule has 0 saturated heterocycles. The van der Waals surface area contributed by atoms with Gasteiger partial charge in [-0.15, -0.1) is 0 Å². The second-order valence-corrected chi connectivity index (χ2v) is 4.79. The van der Waals surface area contributed by atoms with Crippen LogP contribution < -0.4 is 5.32 Å². The lowest BCUT2D eigenvalue weighted by atomic mass is 10.2. The number of carbonyl (C=O) groups excluding carboxylic acids is 1. The van der Waals surface area contributed by atoms with Gasteiger partial charge in [0, 0.05) is 18.2 Å². The van der Waals surface area contributed by atoms with Crippen molar-refractivity contribution in [2.24, 2.45) is 0 Å². The monoisotopic (exact) mass is 296 g/mol. The molecule has 1 amide bonds. The zero-order valence-electron chi connectivity index (χ0n) is 12.4. The standard InChI is InChI=1S/C16H16N4O2/c1-3-20-13(9-10-17-20)19-15(21)14-11(2)18-16(22-14)12-7-5-4-6-8-12/h4-10H,3H2,1-2H3,(H,19,21). The molecule has 0 aliphatic carbocycles. The number of nitrogens with one attached hydrogen (secondary N) is 1. The van der Waals surface area contributed by atoms with Gasteiger partial charge in [-0.25, -0.2) is 9.67 Å². The second kappa shape index (κ2) is 5.85. The van der Waals surface area contributed by atoms with E-state index in [-0.39, 0.29) is 11.7 Å². The molecule has 0 atom stereocenters. The van der Waals surface area contributed by atoms with E-state index in [2.05, 4.69) is 15.4 Å². The molecule has 3 aromatic rings. The number of anilines is 1. The highest BCUT2D eigenvalue weighted by molar-refractivity contribution is 6.02. The first-order valence-corrected chi connectivity index (χ1v) is 7.05. The van der Waals surface area contributed by atoms with Crippen molar-refractivity contribution in [1.82, 2.24) is 14.8 Å². The molecule has 0 radical (unpaired) electrons. The topological polar surface area (TPSA) is 73.0 Å². The molecular formula is C16H16N4O2. The summed E-state index contributed by atoms with van der Waals surface area (Å²) in [7, 11) is 0. The SMILES string of the molecule is CCn1nccc1NC(=O)c1oc(-c2ccccc2)nc1C. The second-order valence-electron chi connectivity index (χ2n) is 4.79. The zero-order chi connectivity index (χ0) is 15.5. The summed E-state index contributed by atoms with van der Waals surface area (Å²) in [4.78, 5) is 16.7. The summed E-state index contributed by atoms with van der Waals surface area (Å²) in [5.74, 6) is 0.946. The number of hydrogen-bond acceptors (Lipinski definition) is 4. The molecule has 112 valence electrons. The van der Waals surface area contributed by atoms with Crippen molar-refractivity contribution in [3.05, 3.63) is 54.0 Å². The van der Waals surface area contributed by atoms with Gasteiger partial charge in [0.25, 0.3) is 5.91 Å². The third-order valence-electron chi connectivity index (χ3n) is 3.28. The number of amides is 1. The van der Waals surface area contributed by atoms with E-state index in [1.807, 2.05) is 37.3 Å². The molecule has 0 saturated carbocycles. The van der Waals surface area contributed by atoms with Crippen LogP contribution >= 0.6 is 0 Å². The molecule has 6 nitrogen and oxygen atoms in total. The smallest absolute Gasteiger partial charge is 0.294 e. The molecule has 1 aromatic carbocycles. The van der Waals surface area contributed by atoms with Gasteiger partial charge in [0.05, 0.1) is 11.9 Å². The summed E-state index contributed by atoms with van der Waals surface area (Å²) in [6, 6.07) is 11.2. The van der Waals surface area contributed by atoms with Gasteiger partial charge < -0.3 is 9.73 Å². The van der Waals surface area contributed by atoms with E-state index in [4.69, 9.17) is 4.42 Å². The lowest BCUT2D eigenvalue weighted by Gasteiger charge is -2.05. The number of rotatable bonds is 4. The van der Waals surface area contributed by atoms with Crippen LogP contribution in [0.3, 0.4) is 0 Å². The van der Waals surface area contributed by atoms with Crippen LogP contribution in [0.5, 0.6) is 0 Å². The lowest BCUT2D eigenvalue weighted by Crippen LogP contribution is -2.15. The Bertz CT molecular complexity index is 790. The first-order valence-electron chi connectivity index (χ1n) is 7.05. The van der Waals surface area contributed by atoms with Gasteiger partial charge in [-0.1, -0.05) is 18.2 Å². The van der Waals surface area contributed by atoms with Crippen molar-refractivity contribution in [3.8, 4) is 11.5 Å². The van der Waals surface area contributed by atoms with Gasteiger partial charge in [0.2, 0.25) is 11.7 Å². The first-order chi connectivity index (χ1) is 10.7. The Morgan fingerprint density at radius 2 is 2.05 bits per heavy atom. The highest BCUT2D eigenvalue weighted by Gasteiger charge is 2.19. The van der Waals surface area contributed by atoms with Crippen LogP contribution in [0, 0.1) is 6.92 Å². The highest BCUT2D eigenvalue weighted by Crippen LogP contribution is 2.22. The molecule has 0 bridgehead atoms. The van der Waals surface area contributed by atoms with E-state index < -0.39 is 0 Å². The van der Waals surface area contributed by atoms with Crippen LogP contribution in [-0.2, 0) is 6.54 Å². The molecule has 2 heterocycles. The number of hydrogen-bond donors (Lipinski definition) is 1. The van der Waals surface area contributed by atoms with Gasteiger partial charge in [-0.3, -0.25) is 4.79 Å². The summed E-state index contributed by atoms with van der Waals surface area (Å²) < 4.78 is 7.33. The predicted molar refractivity (Wildman–Crippen MR) is 82.5 cm³/mol. The minimum atomic E-state index is -0.331. The maximum Gasteiger partial charge on any atom is 0.294 e. The minimum Gasteiger partial charge on any atom is -0.431 e. The molecule has 0 spiro atoms. The number of benzene rings is 1. The van der Waals surface area contributed by atoms with E-state index in [0.717, 1.165) is 5.56 Å². The van der Waals surface area contributed by atoms with Crippen LogP contribution in [0.15, 0.2) is 47.0 Å². The quantitative estimate of drug-likeness (QED) is 0.802. The molecule has 22 heavy (non-hydrogen) atoms. The third kappa shape index (κ3) is 2.63. The van der Waals surface area contributed by atoms with Crippen molar-refractivity contribution in [1.29, 1.82) is 0 Å². The maximum absolute atomic E-state index is 12.4. The minimum absolute atomic E-state index is 0.211. The summed E-state index contributed by atoms with van der Waals surface area (Å²) in [6.45, 7) is 4.38. The summed E-state index contributed by atoms with van der Waals surface area (Å²) >= 11 is 0. The summed E-state index contributed by atoms with van der Waals surface area (Å²) in [5, 5.41) is 6.90. The molecule has 2 aromatic heterocycles. The van der Waals surface area contributed by atoms with Crippen LogP contribution in [0.4, 0.5) is 5.82 Å². The number of nitrogens with zero attached hydrogens (tertiary/aromatic N) is 3. The Kier molecular flexibility index (Phi) is 3.74. The first kappa shape index (κ1) is 14.1. The molecule has 0 aliphatic rings. The van der Waals surface area contributed by atoms with Crippen molar-refractivity contribution < 1.29 is 9.21 Å². The Hall–Kier alpha value is -2.89. The Morgan fingerprint density at radius 3 is 2.77 bits per heavy atom. The largest absolute Gasteiger partial charge is 0.431 e. The fraction of sp³-hybridized carbons (Fsp3) is 0.188. The Morgan fingerprint density at radius 1 is 1.27 bits per heavy atom. The molecule has 1 N–H and O–H groups in total. The number of oxazole rings is 1. The van der Waals surface area contributed by atoms with Gasteiger partial charge in [-0.2, -0.15) is 5.10 Å². The molecule has 0 aliphatic heterocycles. The van der Waals surface area contributed by atoms with Crippen LogP contribution in [0.1, 0.15) is 23.2 Å². The lowest BCUT2D eigenvalue weighted by molar-refractivity contribution is 0.0995. The van der Waals surface area contributed by atoms with Gasteiger partial charge in [0.15, 0.2) is 0 Å². The van der Waals surface area contributed by atoms with Crippen molar-refractivity contribution in [2.45, 2.75) is 20.4 Å². The number of carbonyl (C=O) groups is 1. The van der Waals surface area contributed by atoms with Crippen molar-refractivity contribution in [3.63, 3.8) is 0 Å². The molecule has 0 unspecified atom stereocenters. The fourth-order valence-corrected chi connectivity index (χ4v) is 2.18. The molecular weight excluding hydrogens is 280 g/mol. The molecule has 3 rings (SSSR count). The van der Waals surface area contributed by atoms with E-state index in [1.165, 1.54) is 0 Å². The van der Waals surface area contributed by atoms with Gasteiger partial charge in [-0.05, 0) is 26.0 Å². The third-order valence-corrected chi connectivity index (χ3v) is 3.28. The normalized spacial score (nSPS) is 10.6. The van der Waals surface area contributed by atoms with E-state index in [9.17, 15) is 4.79 Å². The average molecular weight is 296 g/mol. The van der Waals surface area contributed by atoms with E-state index in [1.54, 1.807) is 23.9 Å². The Labute approximate surface area is 127 Å². The van der Waals surface area contributed by atoms with E-state index in [0.29, 0.717) is 23.9 Å². The number of aromatic nitrogens is 3. The Balaban J connectivity index is 1.86. The van der Waals surface area contributed by atoms with Gasteiger partial charge >= 0.3 is 0 Å². The average Bonchev–Trinajstić information content (AvgIpc) is 3.14. The van der Waals surface area contributed by atoms with Gasteiger partial charge in [0.1, 0.15) is 5.82 Å². The highest BCUT2D eigenvalue weighted by atomic mass is 16.4. The summed E-state index contributed by atoms with van der Waals surface area (Å²) in [5.41, 5.74) is 1.39. The van der Waals surface area contributed by atoms with Crippen molar-refractivity contribution >= 4 is 11.7 Å².